The first-order valence-corrected chi connectivity index (χ1v) is 5.37. The highest BCUT2D eigenvalue weighted by Gasteiger charge is 2.55. The Kier molecular flexibility index (Phi) is 4.15. The van der Waals surface area contributed by atoms with Crippen LogP contribution in [0.1, 0.15) is 6.92 Å². The summed E-state index contributed by atoms with van der Waals surface area (Å²) in [5, 5.41) is 10.9. The van der Waals surface area contributed by atoms with Crippen LogP contribution < -0.4 is 5.32 Å². The van der Waals surface area contributed by atoms with E-state index in [1.807, 2.05) is 5.32 Å². The summed E-state index contributed by atoms with van der Waals surface area (Å²) in [6.45, 7) is 0.340. The predicted octanol–water partition coefficient (Wildman–Crippen LogP) is 3.25. The number of carbonyl (C=O) groups is 1. The maximum Gasteiger partial charge on any atom is 0.426 e. The van der Waals surface area contributed by atoms with Gasteiger partial charge in [0.05, 0.1) is 15.7 Å². The number of benzene rings is 1. The fourth-order valence-electron chi connectivity index (χ4n) is 0.981. The molecule has 18 heavy (non-hydrogen) atoms. The topological polar surface area (TPSA) is 49.3 Å². The summed E-state index contributed by atoms with van der Waals surface area (Å²) in [5.41, 5.74) is -3.72. The van der Waals surface area contributed by atoms with Gasteiger partial charge in [-0.25, -0.2) is 0 Å². The van der Waals surface area contributed by atoms with Crippen molar-refractivity contribution < 1.29 is 23.1 Å². The van der Waals surface area contributed by atoms with Crippen LogP contribution >= 0.6 is 23.2 Å². The fourth-order valence-corrected chi connectivity index (χ4v) is 1.47. The Morgan fingerprint density at radius 1 is 1.28 bits per heavy atom. The number of halogens is 5. The largest absolute Gasteiger partial charge is 0.426 e. The number of amides is 1. The summed E-state index contributed by atoms with van der Waals surface area (Å²) in [4.78, 5) is 11.4. The van der Waals surface area contributed by atoms with Crippen LogP contribution in [0.15, 0.2) is 18.2 Å². The lowest BCUT2D eigenvalue weighted by atomic mass is 10.1. The molecule has 8 heteroatoms. The Morgan fingerprint density at radius 2 is 1.72 bits per heavy atom. The highest BCUT2D eigenvalue weighted by Crippen LogP contribution is 2.34. The lowest BCUT2D eigenvalue weighted by molar-refractivity contribution is -0.242. The molecular weight excluding hydrogens is 294 g/mol. The molecule has 0 aliphatic rings. The van der Waals surface area contributed by atoms with Crippen LogP contribution in [-0.4, -0.2) is 22.8 Å². The summed E-state index contributed by atoms with van der Waals surface area (Å²) in [5.74, 6) is -1.66. The number of rotatable bonds is 2. The molecule has 2 N–H and O–H groups in total. The number of aliphatic hydroxyl groups is 1. The summed E-state index contributed by atoms with van der Waals surface area (Å²) in [7, 11) is 0. The second-order valence-corrected chi connectivity index (χ2v) is 4.44. The maximum absolute atomic E-state index is 12.4. The van der Waals surface area contributed by atoms with E-state index in [0.717, 1.165) is 0 Å². The Balaban J connectivity index is 3.03. The van der Waals surface area contributed by atoms with Crippen molar-refractivity contribution in [3.05, 3.63) is 28.2 Å². The van der Waals surface area contributed by atoms with Crippen molar-refractivity contribution in [2.75, 3.05) is 5.32 Å². The highest BCUT2D eigenvalue weighted by molar-refractivity contribution is 6.39. The molecule has 1 aromatic carbocycles. The third-order valence-electron chi connectivity index (χ3n) is 2.20. The Hall–Kier alpha value is -0.980. The van der Waals surface area contributed by atoms with Gasteiger partial charge in [0.15, 0.2) is 0 Å². The molecule has 0 bridgehead atoms. The molecule has 0 aliphatic carbocycles. The van der Waals surface area contributed by atoms with Crippen molar-refractivity contribution in [1.29, 1.82) is 0 Å². The third kappa shape index (κ3) is 2.88. The number of carbonyl (C=O) groups excluding carboxylic acids is 1. The molecule has 0 spiro atoms. The number of para-hydroxylation sites is 1. The molecule has 100 valence electrons. The van der Waals surface area contributed by atoms with Crippen LogP contribution in [-0.2, 0) is 4.79 Å². The Bertz CT molecular complexity index is 454. The smallest absolute Gasteiger partial charge is 0.373 e. The summed E-state index contributed by atoms with van der Waals surface area (Å²) >= 11 is 11.4. The van der Waals surface area contributed by atoms with E-state index in [1.165, 1.54) is 18.2 Å². The summed E-state index contributed by atoms with van der Waals surface area (Å²) in [6.07, 6.45) is -5.11. The van der Waals surface area contributed by atoms with Crippen LogP contribution in [0.4, 0.5) is 18.9 Å². The molecule has 0 heterocycles. The third-order valence-corrected chi connectivity index (χ3v) is 2.83. The van der Waals surface area contributed by atoms with E-state index in [-0.39, 0.29) is 15.7 Å². The average molecular weight is 302 g/mol. The van der Waals surface area contributed by atoms with Crippen molar-refractivity contribution in [3.8, 4) is 0 Å². The van der Waals surface area contributed by atoms with Gasteiger partial charge in [-0.05, 0) is 19.1 Å². The van der Waals surface area contributed by atoms with Gasteiger partial charge in [0.25, 0.3) is 5.91 Å². The van der Waals surface area contributed by atoms with Crippen LogP contribution in [0, 0.1) is 0 Å². The van der Waals surface area contributed by atoms with Crippen molar-refractivity contribution in [3.63, 3.8) is 0 Å². The van der Waals surface area contributed by atoms with E-state index >= 15 is 0 Å². The van der Waals surface area contributed by atoms with Gasteiger partial charge in [-0.1, -0.05) is 29.3 Å². The molecule has 3 nitrogen and oxygen atoms in total. The molecule has 0 aromatic heterocycles. The lowest BCUT2D eigenvalue weighted by Crippen LogP contribution is -2.52. The minimum atomic E-state index is -5.11. The van der Waals surface area contributed by atoms with E-state index in [0.29, 0.717) is 6.92 Å². The number of hydrogen-bond donors (Lipinski definition) is 2. The summed E-state index contributed by atoms with van der Waals surface area (Å²) < 4.78 is 37.2. The molecule has 0 radical (unpaired) electrons. The molecule has 0 unspecified atom stereocenters. The van der Waals surface area contributed by atoms with Gasteiger partial charge in [0.1, 0.15) is 0 Å². The van der Waals surface area contributed by atoms with Crippen LogP contribution in [0.5, 0.6) is 0 Å². The first-order chi connectivity index (χ1) is 8.07. The molecule has 1 atom stereocenters. The van der Waals surface area contributed by atoms with Crippen LogP contribution in [0.3, 0.4) is 0 Å². The molecule has 1 aromatic rings. The fraction of sp³-hybridized carbons (Fsp3) is 0.300. The Morgan fingerprint density at radius 3 is 2.11 bits per heavy atom. The van der Waals surface area contributed by atoms with Crippen molar-refractivity contribution in [1.82, 2.24) is 0 Å². The number of alkyl halides is 3. The quantitative estimate of drug-likeness (QED) is 0.881. The normalized spacial score (nSPS) is 15.1. The van der Waals surface area contributed by atoms with Crippen molar-refractivity contribution in [2.45, 2.75) is 18.7 Å². The lowest BCUT2D eigenvalue weighted by Gasteiger charge is -2.25. The van der Waals surface area contributed by atoms with Gasteiger partial charge in [0.2, 0.25) is 5.60 Å². The van der Waals surface area contributed by atoms with E-state index in [1.54, 1.807) is 0 Å². The number of hydrogen-bond acceptors (Lipinski definition) is 2. The van der Waals surface area contributed by atoms with Crippen LogP contribution in [0.25, 0.3) is 0 Å². The first kappa shape index (κ1) is 15.1. The van der Waals surface area contributed by atoms with Crippen molar-refractivity contribution >= 4 is 34.8 Å². The Labute approximate surface area is 110 Å². The second-order valence-electron chi connectivity index (χ2n) is 3.62. The molecule has 0 saturated heterocycles. The molecule has 0 saturated carbocycles. The maximum atomic E-state index is 12.4. The van der Waals surface area contributed by atoms with E-state index in [4.69, 9.17) is 28.3 Å². The van der Waals surface area contributed by atoms with Gasteiger partial charge < -0.3 is 10.4 Å². The average Bonchev–Trinajstić information content (AvgIpc) is 2.21. The van der Waals surface area contributed by atoms with Crippen LogP contribution in [0.2, 0.25) is 10.0 Å². The molecular formula is C10H8Cl2F3NO2. The van der Waals surface area contributed by atoms with E-state index < -0.39 is 17.7 Å². The van der Waals surface area contributed by atoms with Gasteiger partial charge in [0, 0.05) is 0 Å². The minimum absolute atomic E-state index is 0.0335. The molecule has 1 amide bonds. The van der Waals surface area contributed by atoms with Crippen molar-refractivity contribution in [2.24, 2.45) is 0 Å². The van der Waals surface area contributed by atoms with Gasteiger partial charge in [-0.2, -0.15) is 13.2 Å². The summed E-state index contributed by atoms with van der Waals surface area (Å²) in [6, 6.07) is 4.14. The molecule has 0 fully saturated rings. The monoisotopic (exact) mass is 301 g/mol. The number of anilines is 1. The van der Waals surface area contributed by atoms with Gasteiger partial charge in [-0.3, -0.25) is 4.79 Å². The van der Waals surface area contributed by atoms with Gasteiger partial charge in [-0.15, -0.1) is 0 Å². The standard InChI is InChI=1S/C10H8Cl2F3NO2/c1-9(18,10(13,14)15)8(17)16-7-5(11)3-2-4-6(7)12/h2-4,18H,1H3,(H,16,17)/t9-/m1/s1. The van der Waals surface area contributed by atoms with Gasteiger partial charge >= 0.3 is 6.18 Å². The molecule has 1 rings (SSSR count). The van der Waals surface area contributed by atoms with E-state index in [2.05, 4.69) is 0 Å². The SMILES string of the molecule is C[C@@](O)(C(=O)Nc1c(Cl)cccc1Cl)C(F)(F)F. The highest BCUT2D eigenvalue weighted by atomic mass is 35.5. The zero-order valence-electron chi connectivity index (χ0n) is 8.98. The zero-order valence-corrected chi connectivity index (χ0v) is 10.5. The number of nitrogens with one attached hydrogen (secondary N) is 1. The second kappa shape index (κ2) is 4.95. The van der Waals surface area contributed by atoms with E-state index in [9.17, 15) is 18.0 Å². The zero-order chi connectivity index (χ0) is 14.1. The predicted molar refractivity (Wildman–Crippen MR) is 61.8 cm³/mol. The molecule has 0 aliphatic heterocycles. The first-order valence-electron chi connectivity index (χ1n) is 4.62. The minimum Gasteiger partial charge on any atom is -0.373 e.